The minimum absolute atomic E-state index is 0.125. The van der Waals surface area contributed by atoms with Gasteiger partial charge in [-0.15, -0.1) is 0 Å². The van der Waals surface area contributed by atoms with Crippen molar-refractivity contribution >= 4 is 21.5 Å². The normalized spacial score (nSPS) is 13.4. The summed E-state index contributed by atoms with van der Waals surface area (Å²) < 4.78 is 30.6. The zero-order chi connectivity index (χ0) is 13.4. The second-order valence-corrected chi connectivity index (χ2v) is 4.71. The predicted octanol–water partition coefficient (Wildman–Crippen LogP) is 0.477. The van der Waals surface area contributed by atoms with Gasteiger partial charge in [0.05, 0.1) is 16.6 Å². The van der Waals surface area contributed by atoms with Crippen molar-refractivity contribution in [3.63, 3.8) is 0 Å². The molecule has 0 amide bonds. The second kappa shape index (κ2) is 4.28. The molecule has 0 heterocycles. The SMILES string of the molecule is CC(O)c1ccc(S(=O)(=O)O)c(N)c1[N+](=O)[O-]. The minimum Gasteiger partial charge on any atom is -0.392 e. The third-order valence-corrected chi connectivity index (χ3v) is 3.03. The van der Waals surface area contributed by atoms with Crippen molar-refractivity contribution in [3.05, 3.63) is 27.8 Å². The van der Waals surface area contributed by atoms with Gasteiger partial charge in [0.25, 0.3) is 15.8 Å². The van der Waals surface area contributed by atoms with Crippen molar-refractivity contribution in [2.45, 2.75) is 17.9 Å². The molecule has 0 aliphatic carbocycles. The van der Waals surface area contributed by atoms with Gasteiger partial charge in [-0.05, 0) is 19.1 Å². The van der Waals surface area contributed by atoms with Gasteiger partial charge < -0.3 is 10.8 Å². The Labute approximate surface area is 96.6 Å². The number of rotatable bonds is 3. The van der Waals surface area contributed by atoms with Crippen LogP contribution >= 0.6 is 0 Å². The van der Waals surface area contributed by atoms with Gasteiger partial charge >= 0.3 is 0 Å². The molecule has 0 fully saturated rings. The molecule has 0 aromatic heterocycles. The van der Waals surface area contributed by atoms with E-state index in [2.05, 4.69) is 0 Å². The molecular formula is C8H10N2O6S. The lowest BCUT2D eigenvalue weighted by Crippen LogP contribution is -2.09. The van der Waals surface area contributed by atoms with Crippen LogP contribution in [0.25, 0.3) is 0 Å². The van der Waals surface area contributed by atoms with E-state index < -0.39 is 37.4 Å². The molecule has 1 atom stereocenters. The number of nitrogens with zero attached hydrogens (tertiary/aromatic N) is 1. The van der Waals surface area contributed by atoms with Crippen molar-refractivity contribution in [2.24, 2.45) is 0 Å². The monoisotopic (exact) mass is 262 g/mol. The van der Waals surface area contributed by atoms with Crippen LogP contribution in [0.15, 0.2) is 17.0 Å². The summed E-state index contributed by atoms with van der Waals surface area (Å²) >= 11 is 0. The Morgan fingerprint density at radius 1 is 1.47 bits per heavy atom. The van der Waals surface area contributed by atoms with Crippen molar-refractivity contribution in [1.29, 1.82) is 0 Å². The highest BCUT2D eigenvalue weighted by Crippen LogP contribution is 2.35. The van der Waals surface area contributed by atoms with E-state index in [1.54, 1.807) is 0 Å². The third kappa shape index (κ3) is 2.52. The van der Waals surface area contributed by atoms with Gasteiger partial charge in [-0.25, -0.2) is 0 Å². The Hall–Kier alpha value is -1.71. The van der Waals surface area contributed by atoms with E-state index in [-0.39, 0.29) is 5.56 Å². The van der Waals surface area contributed by atoms with Crippen LogP contribution in [0.5, 0.6) is 0 Å². The fraction of sp³-hybridized carbons (Fsp3) is 0.250. The average Bonchev–Trinajstić information content (AvgIpc) is 2.13. The van der Waals surface area contributed by atoms with Crippen LogP contribution in [0.3, 0.4) is 0 Å². The van der Waals surface area contributed by atoms with E-state index in [9.17, 15) is 23.6 Å². The van der Waals surface area contributed by atoms with E-state index in [0.717, 1.165) is 12.1 Å². The van der Waals surface area contributed by atoms with Gasteiger partial charge in [-0.3, -0.25) is 14.7 Å². The first-order valence-electron chi connectivity index (χ1n) is 4.38. The van der Waals surface area contributed by atoms with Crippen molar-refractivity contribution in [2.75, 3.05) is 5.73 Å². The number of nitrogen functional groups attached to an aromatic ring is 1. The lowest BCUT2D eigenvalue weighted by Gasteiger charge is -2.09. The molecule has 0 aliphatic rings. The molecule has 8 nitrogen and oxygen atoms in total. The van der Waals surface area contributed by atoms with E-state index in [1.165, 1.54) is 6.92 Å². The molecular weight excluding hydrogens is 252 g/mol. The van der Waals surface area contributed by atoms with E-state index >= 15 is 0 Å². The fourth-order valence-electron chi connectivity index (χ4n) is 1.37. The lowest BCUT2D eigenvalue weighted by molar-refractivity contribution is -0.385. The molecule has 0 spiro atoms. The van der Waals surface area contributed by atoms with Crippen molar-refractivity contribution in [1.82, 2.24) is 0 Å². The van der Waals surface area contributed by atoms with Crippen LogP contribution in [-0.4, -0.2) is 23.0 Å². The van der Waals surface area contributed by atoms with Gasteiger partial charge in [0.15, 0.2) is 0 Å². The quantitative estimate of drug-likeness (QED) is 0.311. The molecule has 1 unspecified atom stereocenters. The number of aliphatic hydroxyl groups is 1. The highest BCUT2D eigenvalue weighted by Gasteiger charge is 2.27. The van der Waals surface area contributed by atoms with E-state index in [0.29, 0.717) is 0 Å². The number of aliphatic hydroxyl groups excluding tert-OH is 1. The van der Waals surface area contributed by atoms with E-state index in [4.69, 9.17) is 10.3 Å². The summed E-state index contributed by atoms with van der Waals surface area (Å²) in [4.78, 5) is 9.10. The molecule has 17 heavy (non-hydrogen) atoms. The zero-order valence-electron chi connectivity index (χ0n) is 8.69. The largest absolute Gasteiger partial charge is 0.392 e. The number of hydrogen-bond acceptors (Lipinski definition) is 6. The molecule has 0 bridgehead atoms. The molecule has 4 N–H and O–H groups in total. The Balaban J connectivity index is 3.67. The Morgan fingerprint density at radius 2 is 2.00 bits per heavy atom. The van der Waals surface area contributed by atoms with Crippen LogP contribution in [0.1, 0.15) is 18.6 Å². The predicted molar refractivity (Wildman–Crippen MR) is 58.0 cm³/mol. The molecule has 0 saturated heterocycles. The number of nitro groups is 1. The first kappa shape index (κ1) is 13.4. The van der Waals surface area contributed by atoms with Gasteiger partial charge in [0.2, 0.25) is 0 Å². The average molecular weight is 262 g/mol. The topological polar surface area (TPSA) is 144 Å². The lowest BCUT2D eigenvalue weighted by atomic mass is 10.1. The Kier molecular flexibility index (Phi) is 3.36. The second-order valence-electron chi connectivity index (χ2n) is 3.32. The maximum absolute atomic E-state index is 10.9. The van der Waals surface area contributed by atoms with Gasteiger partial charge in [-0.1, -0.05) is 0 Å². The maximum atomic E-state index is 10.9. The molecule has 1 aromatic rings. The van der Waals surface area contributed by atoms with Gasteiger partial charge in [-0.2, -0.15) is 8.42 Å². The standard InChI is InChI=1S/C8H10N2O6S/c1-4(11)5-2-3-6(17(14,15)16)7(9)8(5)10(12)13/h2-4,11H,9H2,1H3,(H,14,15,16). The van der Waals surface area contributed by atoms with E-state index in [1.807, 2.05) is 0 Å². The number of anilines is 1. The van der Waals surface area contributed by atoms with Gasteiger partial charge in [0, 0.05) is 0 Å². The van der Waals surface area contributed by atoms with Crippen molar-refractivity contribution < 1.29 is 23.0 Å². The molecule has 1 aromatic carbocycles. The highest BCUT2D eigenvalue weighted by atomic mass is 32.2. The number of nitrogens with two attached hydrogens (primary N) is 1. The van der Waals surface area contributed by atoms with Crippen LogP contribution in [-0.2, 0) is 10.1 Å². The first-order valence-corrected chi connectivity index (χ1v) is 5.82. The summed E-state index contributed by atoms with van der Waals surface area (Å²) in [5, 5.41) is 20.1. The summed E-state index contributed by atoms with van der Waals surface area (Å²) in [5.41, 5.74) is 3.77. The van der Waals surface area contributed by atoms with Gasteiger partial charge in [0.1, 0.15) is 10.6 Å². The third-order valence-electron chi connectivity index (χ3n) is 2.12. The van der Waals surface area contributed by atoms with Crippen LogP contribution < -0.4 is 5.73 Å². The smallest absolute Gasteiger partial charge is 0.299 e. The summed E-state index contributed by atoms with van der Waals surface area (Å²) in [6, 6.07) is 1.93. The zero-order valence-corrected chi connectivity index (χ0v) is 9.51. The summed E-state index contributed by atoms with van der Waals surface area (Å²) in [6.07, 6.45) is -1.19. The first-order chi connectivity index (χ1) is 7.66. The molecule has 0 saturated carbocycles. The summed E-state index contributed by atoms with van der Waals surface area (Å²) in [6.45, 7) is 1.27. The van der Waals surface area contributed by atoms with Crippen LogP contribution in [0, 0.1) is 10.1 Å². The summed E-state index contributed by atoms with van der Waals surface area (Å²) in [5.74, 6) is 0. The molecule has 1 rings (SSSR count). The molecule has 9 heteroatoms. The van der Waals surface area contributed by atoms with Crippen LogP contribution in [0.2, 0.25) is 0 Å². The molecule has 0 radical (unpaired) electrons. The maximum Gasteiger partial charge on any atom is 0.299 e. The Bertz CT molecular complexity index is 566. The van der Waals surface area contributed by atoms with Crippen molar-refractivity contribution in [3.8, 4) is 0 Å². The number of hydrogen-bond donors (Lipinski definition) is 3. The Morgan fingerprint density at radius 3 is 2.35 bits per heavy atom. The minimum atomic E-state index is -4.64. The highest BCUT2D eigenvalue weighted by molar-refractivity contribution is 7.86. The fourth-order valence-corrected chi connectivity index (χ4v) is 1.99. The number of nitro benzene ring substituents is 1. The summed E-state index contributed by atoms with van der Waals surface area (Å²) in [7, 11) is -4.64. The molecule has 94 valence electrons. The van der Waals surface area contributed by atoms with Crippen LogP contribution in [0.4, 0.5) is 11.4 Å². The molecule has 0 aliphatic heterocycles. The number of benzene rings is 1.